The van der Waals surface area contributed by atoms with Crippen molar-refractivity contribution < 1.29 is 19.1 Å². The highest BCUT2D eigenvalue weighted by atomic mass is 16.5. The van der Waals surface area contributed by atoms with Gasteiger partial charge in [-0.15, -0.1) is 0 Å². The number of amides is 1. The Hall–Kier alpha value is -2.34. The molecule has 6 nitrogen and oxygen atoms in total. The number of fused-ring (bicyclic) bond motifs is 2. The van der Waals surface area contributed by atoms with Gasteiger partial charge >= 0.3 is 5.63 Å². The Morgan fingerprint density at radius 2 is 2.06 bits per heavy atom. The van der Waals surface area contributed by atoms with E-state index < -0.39 is 5.60 Å². The fourth-order valence-corrected chi connectivity index (χ4v) is 6.15. The highest BCUT2D eigenvalue weighted by Gasteiger charge is 2.49. The van der Waals surface area contributed by atoms with Gasteiger partial charge in [0, 0.05) is 35.5 Å². The average Bonchev–Trinajstić information content (AvgIpc) is 2.82. The molecule has 4 rings (SSSR count). The summed E-state index contributed by atoms with van der Waals surface area (Å²) in [5.41, 5.74) is 1.26. The fourth-order valence-electron chi connectivity index (χ4n) is 6.15. The van der Waals surface area contributed by atoms with Gasteiger partial charge < -0.3 is 19.2 Å². The van der Waals surface area contributed by atoms with Gasteiger partial charge in [0.25, 0.3) is 5.91 Å². The summed E-state index contributed by atoms with van der Waals surface area (Å²) in [7, 11) is 0. The van der Waals surface area contributed by atoms with E-state index in [9.17, 15) is 14.7 Å². The molecule has 2 fully saturated rings. The standard InChI is InChI=1S/C28H39NO5/c1-4-6-11-23-22-10-7-8-14-28(22,32)15-16-29(23)25(30)18-33-24-13-12-21-20(9-5-2)17-26(31)34-27(21)19(24)3/h12-13,17,22-23,32H,4-11,14-16,18H2,1-3H3/t22-,23+,28-/m0/s1. The van der Waals surface area contributed by atoms with Gasteiger partial charge in [-0.05, 0) is 56.7 Å². The zero-order chi connectivity index (χ0) is 24.3. The molecule has 1 aliphatic heterocycles. The first-order valence-corrected chi connectivity index (χ1v) is 13.1. The molecule has 2 aliphatic rings. The Balaban J connectivity index is 1.52. The van der Waals surface area contributed by atoms with E-state index in [-0.39, 0.29) is 30.1 Å². The molecule has 1 saturated heterocycles. The number of piperidine rings is 1. The number of aryl methyl sites for hydroxylation is 2. The maximum atomic E-state index is 13.3. The van der Waals surface area contributed by atoms with Crippen LogP contribution in [0.5, 0.6) is 5.75 Å². The van der Waals surface area contributed by atoms with Gasteiger partial charge in [-0.1, -0.05) is 46.0 Å². The molecule has 1 amide bonds. The van der Waals surface area contributed by atoms with Crippen LogP contribution < -0.4 is 10.4 Å². The van der Waals surface area contributed by atoms with Crippen LogP contribution in [0, 0.1) is 12.8 Å². The van der Waals surface area contributed by atoms with Crippen molar-refractivity contribution >= 4 is 16.9 Å². The molecule has 186 valence electrons. The van der Waals surface area contributed by atoms with Gasteiger partial charge in [-0.25, -0.2) is 4.79 Å². The molecular formula is C28H39NO5. The largest absolute Gasteiger partial charge is 0.483 e. The molecule has 1 aromatic heterocycles. The Labute approximate surface area is 202 Å². The summed E-state index contributed by atoms with van der Waals surface area (Å²) in [5.74, 6) is 0.683. The summed E-state index contributed by atoms with van der Waals surface area (Å²) in [5, 5.41) is 12.2. The van der Waals surface area contributed by atoms with Gasteiger partial charge in [0.1, 0.15) is 11.3 Å². The topological polar surface area (TPSA) is 80.0 Å². The van der Waals surface area contributed by atoms with E-state index in [2.05, 4.69) is 13.8 Å². The van der Waals surface area contributed by atoms with Crippen LogP contribution in [0.15, 0.2) is 27.4 Å². The summed E-state index contributed by atoms with van der Waals surface area (Å²) < 4.78 is 11.5. The van der Waals surface area contributed by atoms with E-state index in [1.165, 1.54) is 0 Å². The van der Waals surface area contributed by atoms with Crippen molar-refractivity contribution in [2.75, 3.05) is 13.2 Å². The average molecular weight is 470 g/mol. The van der Waals surface area contributed by atoms with Crippen molar-refractivity contribution in [2.24, 2.45) is 5.92 Å². The lowest BCUT2D eigenvalue weighted by Gasteiger charge is -2.52. The lowest BCUT2D eigenvalue weighted by molar-refractivity contribution is -0.157. The van der Waals surface area contributed by atoms with E-state index in [0.29, 0.717) is 24.3 Å². The van der Waals surface area contributed by atoms with E-state index >= 15 is 0 Å². The SMILES string of the molecule is CCCC[C@@H]1[C@@H]2CCCC[C@]2(O)CCN1C(=O)COc1ccc2c(CCC)cc(=O)oc2c1C. The van der Waals surface area contributed by atoms with Gasteiger partial charge in [0.2, 0.25) is 0 Å². The number of rotatable bonds is 8. The summed E-state index contributed by atoms with van der Waals surface area (Å²) in [6.45, 7) is 6.64. The van der Waals surface area contributed by atoms with Crippen LogP contribution in [-0.4, -0.2) is 40.7 Å². The minimum absolute atomic E-state index is 0.0330. The minimum atomic E-state index is -0.628. The Morgan fingerprint density at radius 3 is 2.82 bits per heavy atom. The smallest absolute Gasteiger partial charge is 0.336 e. The van der Waals surface area contributed by atoms with Crippen LogP contribution in [0.25, 0.3) is 11.0 Å². The zero-order valence-electron chi connectivity index (χ0n) is 20.9. The molecule has 2 heterocycles. The Bertz CT molecular complexity index is 1080. The monoisotopic (exact) mass is 469 g/mol. The van der Waals surface area contributed by atoms with E-state index in [1.807, 2.05) is 24.0 Å². The maximum absolute atomic E-state index is 13.3. The summed E-state index contributed by atoms with van der Waals surface area (Å²) >= 11 is 0. The molecule has 1 saturated carbocycles. The number of carbonyl (C=O) groups is 1. The lowest BCUT2D eigenvalue weighted by atomic mass is 9.66. The van der Waals surface area contributed by atoms with Crippen LogP contribution in [0.4, 0.5) is 0 Å². The highest BCUT2D eigenvalue weighted by molar-refractivity contribution is 5.85. The van der Waals surface area contributed by atoms with E-state index in [1.54, 1.807) is 6.07 Å². The number of nitrogens with zero attached hydrogens (tertiary/aromatic N) is 1. The molecular weight excluding hydrogens is 430 g/mol. The van der Waals surface area contributed by atoms with Gasteiger partial charge in [0.15, 0.2) is 6.61 Å². The second-order valence-electron chi connectivity index (χ2n) is 10.2. The van der Waals surface area contributed by atoms with Crippen LogP contribution in [0.1, 0.15) is 82.8 Å². The number of carbonyl (C=O) groups excluding carboxylic acids is 1. The van der Waals surface area contributed by atoms with Crippen LogP contribution in [0.2, 0.25) is 0 Å². The molecule has 34 heavy (non-hydrogen) atoms. The number of aliphatic hydroxyl groups is 1. The third-order valence-electron chi connectivity index (χ3n) is 7.96. The molecule has 1 aromatic carbocycles. The van der Waals surface area contributed by atoms with E-state index in [4.69, 9.17) is 9.15 Å². The first-order valence-electron chi connectivity index (χ1n) is 13.1. The van der Waals surface area contributed by atoms with Crippen molar-refractivity contribution in [3.05, 3.63) is 39.7 Å². The third kappa shape index (κ3) is 4.88. The number of hydrogen-bond donors (Lipinski definition) is 1. The predicted molar refractivity (Wildman–Crippen MR) is 133 cm³/mol. The minimum Gasteiger partial charge on any atom is -0.483 e. The molecule has 0 unspecified atom stereocenters. The number of ether oxygens (including phenoxy) is 1. The van der Waals surface area contributed by atoms with Crippen LogP contribution >= 0.6 is 0 Å². The van der Waals surface area contributed by atoms with Crippen molar-refractivity contribution in [1.82, 2.24) is 4.90 Å². The number of unbranched alkanes of at least 4 members (excludes halogenated alkanes) is 1. The lowest BCUT2D eigenvalue weighted by Crippen LogP contribution is -2.61. The van der Waals surface area contributed by atoms with E-state index in [0.717, 1.165) is 74.3 Å². The van der Waals surface area contributed by atoms with Crippen LogP contribution in [-0.2, 0) is 11.2 Å². The van der Waals surface area contributed by atoms with Crippen molar-refractivity contribution in [2.45, 2.75) is 96.6 Å². The van der Waals surface area contributed by atoms with Crippen molar-refractivity contribution in [1.29, 1.82) is 0 Å². The second-order valence-corrected chi connectivity index (χ2v) is 10.2. The quantitative estimate of drug-likeness (QED) is 0.541. The predicted octanol–water partition coefficient (Wildman–Crippen LogP) is 5.15. The first-order chi connectivity index (χ1) is 16.4. The highest BCUT2D eigenvalue weighted by Crippen LogP contribution is 2.44. The van der Waals surface area contributed by atoms with Gasteiger partial charge in [-0.3, -0.25) is 4.79 Å². The number of hydrogen-bond acceptors (Lipinski definition) is 5. The molecule has 3 atom stereocenters. The molecule has 1 N–H and O–H groups in total. The molecule has 0 radical (unpaired) electrons. The second kappa shape index (κ2) is 10.5. The molecule has 2 aromatic rings. The number of benzene rings is 1. The first kappa shape index (κ1) is 24.8. The Kier molecular flexibility index (Phi) is 7.66. The zero-order valence-corrected chi connectivity index (χ0v) is 20.9. The summed E-state index contributed by atoms with van der Waals surface area (Å²) in [4.78, 5) is 27.4. The van der Waals surface area contributed by atoms with Gasteiger partial charge in [0.05, 0.1) is 5.60 Å². The molecule has 1 aliphatic carbocycles. The van der Waals surface area contributed by atoms with Crippen molar-refractivity contribution in [3.8, 4) is 5.75 Å². The Morgan fingerprint density at radius 1 is 1.24 bits per heavy atom. The third-order valence-corrected chi connectivity index (χ3v) is 7.96. The van der Waals surface area contributed by atoms with Crippen LogP contribution in [0.3, 0.4) is 0 Å². The summed E-state index contributed by atoms with van der Waals surface area (Å²) in [6.07, 6.45) is 9.46. The normalized spacial score (nSPS) is 24.8. The van der Waals surface area contributed by atoms with Crippen molar-refractivity contribution in [3.63, 3.8) is 0 Å². The molecule has 0 spiro atoms. The molecule has 6 heteroatoms. The summed E-state index contributed by atoms with van der Waals surface area (Å²) in [6, 6.07) is 5.43. The fraction of sp³-hybridized carbons (Fsp3) is 0.643. The van der Waals surface area contributed by atoms with Gasteiger partial charge in [-0.2, -0.15) is 0 Å². The number of likely N-dealkylation sites (tertiary alicyclic amines) is 1. The maximum Gasteiger partial charge on any atom is 0.336 e. The molecule has 0 bridgehead atoms.